The summed E-state index contributed by atoms with van der Waals surface area (Å²) < 4.78 is 2.71. The first kappa shape index (κ1) is 15.8. The maximum absolute atomic E-state index is 12.5. The first-order valence-corrected chi connectivity index (χ1v) is 7.66. The first-order valence-electron chi connectivity index (χ1n) is 7.66. The van der Waals surface area contributed by atoms with Crippen molar-refractivity contribution in [3.8, 4) is 0 Å². The highest BCUT2D eigenvalue weighted by Crippen LogP contribution is 2.06. The van der Waals surface area contributed by atoms with Gasteiger partial charge < -0.3 is 5.32 Å². The van der Waals surface area contributed by atoms with Crippen LogP contribution >= 0.6 is 0 Å². The SMILES string of the molecule is CCc1cc2c(=O)n(CC(=O)Nc3ccncn3)nc(CC)n2n1. The van der Waals surface area contributed by atoms with E-state index in [1.165, 1.54) is 12.5 Å². The lowest BCUT2D eigenvalue weighted by molar-refractivity contribution is -0.117. The van der Waals surface area contributed by atoms with Crippen LogP contribution in [-0.2, 0) is 24.2 Å². The molecule has 0 radical (unpaired) electrons. The molecule has 9 heteroatoms. The third-order valence-corrected chi connectivity index (χ3v) is 3.52. The minimum absolute atomic E-state index is 0.195. The Morgan fingerprint density at radius 2 is 2.08 bits per heavy atom. The third-order valence-electron chi connectivity index (χ3n) is 3.52. The second-order valence-electron chi connectivity index (χ2n) is 5.16. The fraction of sp³-hybridized carbons (Fsp3) is 0.333. The minimum Gasteiger partial charge on any atom is -0.309 e. The number of aromatic nitrogens is 6. The summed E-state index contributed by atoms with van der Waals surface area (Å²) in [5, 5.41) is 11.2. The Morgan fingerprint density at radius 3 is 2.75 bits per heavy atom. The van der Waals surface area contributed by atoms with E-state index in [1.807, 2.05) is 13.8 Å². The van der Waals surface area contributed by atoms with E-state index in [9.17, 15) is 9.59 Å². The van der Waals surface area contributed by atoms with Gasteiger partial charge in [0.15, 0.2) is 5.82 Å². The van der Waals surface area contributed by atoms with Crippen molar-refractivity contribution < 1.29 is 4.79 Å². The molecule has 0 aliphatic rings. The summed E-state index contributed by atoms with van der Waals surface area (Å²) in [4.78, 5) is 32.4. The molecule has 0 aliphatic carbocycles. The molecular formula is C15H17N7O2. The van der Waals surface area contributed by atoms with Gasteiger partial charge in [0.1, 0.15) is 24.2 Å². The predicted octanol–water partition coefficient (Wildman–Crippen LogP) is 0.444. The number of amides is 1. The Hall–Kier alpha value is -3.10. The van der Waals surface area contributed by atoms with Gasteiger partial charge in [-0.15, -0.1) is 0 Å². The Morgan fingerprint density at radius 1 is 1.25 bits per heavy atom. The molecule has 0 fully saturated rings. The second-order valence-corrected chi connectivity index (χ2v) is 5.16. The fourth-order valence-electron chi connectivity index (χ4n) is 2.32. The summed E-state index contributed by atoms with van der Waals surface area (Å²) >= 11 is 0. The molecule has 3 rings (SSSR count). The monoisotopic (exact) mass is 327 g/mol. The summed E-state index contributed by atoms with van der Waals surface area (Å²) in [5.41, 5.74) is 0.887. The van der Waals surface area contributed by atoms with E-state index in [1.54, 1.807) is 16.6 Å². The van der Waals surface area contributed by atoms with E-state index >= 15 is 0 Å². The van der Waals surface area contributed by atoms with Crippen molar-refractivity contribution >= 4 is 17.2 Å². The number of carbonyl (C=O) groups excluding carboxylic acids is 1. The quantitative estimate of drug-likeness (QED) is 0.729. The van der Waals surface area contributed by atoms with Crippen LogP contribution in [0.5, 0.6) is 0 Å². The number of rotatable bonds is 5. The lowest BCUT2D eigenvalue weighted by atomic mass is 10.3. The van der Waals surface area contributed by atoms with Crippen LogP contribution in [0.1, 0.15) is 25.4 Å². The smallest absolute Gasteiger partial charge is 0.293 e. The van der Waals surface area contributed by atoms with Gasteiger partial charge in [-0.3, -0.25) is 9.59 Å². The van der Waals surface area contributed by atoms with Gasteiger partial charge in [0.2, 0.25) is 5.91 Å². The summed E-state index contributed by atoms with van der Waals surface area (Å²) in [7, 11) is 0. The average molecular weight is 327 g/mol. The van der Waals surface area contributed by atoms with Crippen molar-refractivity contribution in [2.24, 2.45) is 0 Å². The summed E-state index contributed by atoms with van der Waals surface area (Å²) in [6, 6.07) is 3.31. The number of carbonyl (C=O) groups is 1. The number of nitrogens with one attached hydrogen (secondary N) is 1. The molecular weight excluding hydrogens is 310 g/mol. The molecule has 124 valence electrons. The molecule has 0 atom stereocenters. The van der Waals surface area contributed by atoms with Gasteiger partial charge in [-0.2, -0.15) is 10.2 Å². The topological polar surface area (TPSA) is 107 Å². The van der Waals surface area contributed by atoms with E-state index in [0.29, 0.717) is 23.6 Å². The van der Waals surface area contributed by atoms with Gasteiger partial charge in [0, 0.05) is 12.6 Å². The van der Waals surface area contributed by atoms with Crippen molar-refractivity contribution in [1.29, 1.82) is 0 Å². The fourth-order valence-corrected chi connectivity index (χ4v) is 2.32. The molecule has 0 spiro atoms. The Bertz CT molecular complexity index is 930. The number of nitrogens with zero attached hydrogens (tertiary/aromatic N) is 6. The second kappa shape index (κ2) is 6.57. The highest BCUT2D eigenvalue weighted by Gasteiger charge is 2.14. The first-order chi connectivity index (χ1) is 11.6. The van der Waals surface area contributed by atoms with Crippen molar-refractivity contribution in [3.63, 3.8) is 0 Å². The highest BCUT2D eigenvalue weighted by atomic mass is 16.2. The molecule has 0 saturated heterocycles. The van der Waals surface area contributed by atoms with Crippen LogP contribution in [0.25, 0.3) is 5.52 Å². The van der Waals surface area contributed by atoms with Crippen LogP contribution in [0.15, 0.2) is 29.5 Å². The molecule has 3 heterocycles. The lowest BCUT2D eigenvalue weighted by Crippen LogP contribution is -2.32. The molecule has 0 saturated carbocycles. The van der Waals surface area contributed by atoms with E-state index in [2.05, 4.69) is 25.5 Å². The van der Waals surface area contributed by atoms with Crippen LogP contribution in [0, 0.1) is 0 Å². The zero-order valence-corrected chi connectivity index (χ0v) is 13.4. The van der Waals surface area contributed by atoms with Gasteiger partial charge in [-0.1, -0.05) is 13.8 Å². The number of aryl methyl sites for hydroxylation is 2. The number of hydrogen-bond donors (Lipinski definition) is 1. The van der Waals surface area contributed by atoms with Crippen molar-refractivity contribution in [2.45, 2.75) is 33.2 Å². The average Bonchev–Trinajstić information content (AvgIpc) is 3.03. The number of anilines is 1. The van der Waals surface area contributed by atoms with Crippen molar-refractivity contribution in [3.05, 3.63) is 46.5 Å². The largest absolute Gasteiger partial charge is 0.309 e. The standard InChI is InChI=1S/C15H17N7O2/c1-3-10-7-11-15(24)21(20-13(4-2)22(11)19-10)8-14(23)18-12-5-6-16-9-17-12/h5-7,9H,3-4,8H2,1-2H3,(H,16,17,18,23). The lowest BCUT2D eigenvalue weighted by Gasteiger charge is -2.08. The van der Waals surface area contributed by atoms with E-state index < -0.39 is 0 Å². The van der Waals surface area contributed by atoms with Crippen LogP contribution < -0.4 is 10.9 Å². The normalized spacial score (nSPS) is 10.9. The van der Waals surface area contributed by atoms with E-state index in [-0.39, 0.29) is 18.0 Å². The van der Waals surface area contributed by atoms with Crippen molar-refractivity contribution in [2.75, 3.05) is 5.32 Å². The highest BCUT2D eigenvalue weighted by molar-refractivity contribution is 5.89. The molecule has 0 aliphatic heterocycles. The molecule has 9 nitrogen and oxygen atoms in total. The third kappa shape index (κ3) is 3.00. The molecule has 3 aromatic rings. The van der Waals surface area contributed by atoms with Crippen LogP contribution in [0.3, 0.4) is 0 Å². The molecule has 1 amide bonds. The molecule has 1 N–H and O–H groups in total. The maximum atomic E-state index is 12.5. The summed E-state index contributed by atoms with van der Waals surface area (Å²) in [6.45, 7) is 3.69. The minimum atomic E-state index is -0.384. The van der Waals surface area contributed by atoms with E-state index in [4.69, 9.17) is 0 Å². The van der Waals surface area contributed by atoms with Crippen LogP contribution in [0.2, 0.25) is 0 Å². The summed E-state index contributed by atoms with van der Waals surface area (Å²) in [6.07, 6.45) is 4.17. The molecule has 0 bridgehead atoms. The predicted molar refractivity (Wildman–Crippen MR) is 86.7 cm³/mol. The van der Waals surface area contributed by atoms with Crippen LogP contribution in [-0.4, -0.2) is 35.3 Å². The van der Waals surface area contributed by atoms with Gasteiger partial charge in [0.25, 0.3) is 5.56 Å². The molecule has 0 aromatic carbocycles. The molecule has 24 heavy (non-hydrogen) atoms. The zero-order valence-electron chi connectivity index (χ0n) is 13.4. The van der Waals surface area contributed by atoms with E-state index in [0.717, 1.165) is 16.8 Å². The number of fused-ring (bicyclic) bond motifs is 1. The van der Waals surface area contributed by atoms with Gasteiger partial charge in [0.05, 0.1) is 5.69 Å². The Balaban J connectivity index is 1.93. The van der Waals surface area contributed by atoms with Crippen LogP contribution in [0.4, 0.5) is 5.82 Å². The molecule has 0 unspecified atom stereocenters. The van der Waals surface area contributed by atoms with Crippen molar-refractivity contribution in [1.82, 2.24) is 29.4 Å². The van der Waals surface area contributed by atoms with Gasteiger partial charge in [-0.25, -0.2) is 19.2 Å². The Kier molecular flexibility index (Phi) is 4.32. The zero-order chi connectivity index (χ0) is 17.1. The molecule has 3 aromatic heterocycles. The van der Waals surface area contributed by atoms with Gasteiger partial charge >= 0.3 is 0 Å². The Labute approximate surface area is 137 Å². The maximum Gasteiger partial charge on any atom is 0.293 e. The van der Waals surface area contributed by atoms with Gasteiger partial charge in [-0.05, 0) is 18.6 Å². The summed E-state index contributed by atoms with van der Waals surface area (Å²) in [5.74, 6) is 0.613. The number of hydrogen-bond acceptors (Lipinski definition) is 6.